The van der Waals surface area contributed by atoms with Crippen molar-refractivity contribution in [2.75, 3.05) is 7.11 Å². The molecule has 0 spiro atoms. The molecule has 0 aromatic carbocycles. The largest absolute Gasteiger partial charge is 0.494 e. The first kappa shape index (κ1) is 12.7. The molecule has 0 unspecified atom stereocenters. The van der Waals surface area contributed by atoms with Gasteiger partial charge in [-0.05, 0) is 19.9 Å². The van der Waals surface area contributed by atoms with Crippen LogP contribution in [0.2, 0.25) is 0 Å². The maximum atomic E-state index is 12.2. The molecule has 0 saturated carbocycles. The van der Waals surface area contributed by atoms with Crippen molar-refractivity contribution in [3.05, 3.63) is 39.6 Å². The zero-order valence-electron chi connectivity index (χ0n) is 10.6. The lowest BCUT2D eigenvalue weighted by molar-refractivity contribution is 0.0990. The second kappa shape index (κ2) is 5.27. The summed E-state index contributed by atoms with van der Waals surface area (Å²) in [5.74, 6) is 0.510. The second-order valence-electron chi connectivity index (χ2n) is 3.93. The van der Waals surface area contributed by atoms with Gasteiger partial charge in [-0.3, -0.25) is 9.78 Å². The maximum Gasteiger partial charge on any atom is 0.173 e. The molecule has 0 saturated heterocycles. The van der Waals surface area contributed by atoms with E-state index >= 15 is 0 Å². The number of hydrogen-bond acceptors (Lipinski definition) is 5. The summed E-state index contributed by atoms with van der Waals surface area (Å²) in [7, 11) is 1.53. The van der Waals surface area contributed by atoms with Crippen molar-refractivity contribution in [2.45, 2.75) is 20.3 Å². The highest BCUT2D eigenvalue weighted by atomic mass is 32.1. The van der Waals surface area contributed by atoms with Crippen molar-refractivity contribution < 1.29 is 9.53 Å². The number of pyridine rings is 1. The Kier molecular flexibility index (Phi) is 3.72. The van der Waals surface area contributed by atoms with Crippen LogP contribution in [0.4, 0.5) is 0 Å². The lowest BCUT2D eigenvalue weighted by Crippen LogP contribution is -2.06. The van der Waals surface area contributed by atoms with Gasteiger partial charge in [-0.1, -0.05) is 0 Å². The highest BCUT2D eigenvalue weighted by Crippen LogP contribution is 2.21. The molecule has 0 aliphatic heterocycles. The van der Waals surface area contributed by atoms with Crippen molar-refractivity contribution in [3.63, 3.8) is 0 Å². The van der Waals surface area contributed by atoms with E-state index in [1.54, 1.807) is 29.8 Å². The molecule has 0 aliphatic rings. The minimum atomic E-state index is 0.00278. The first-order valence-corrected chi connectivity index (χ1v) is 6.37. The van der Waals surface area contributed by atoms with Crippen LogP contribution in [-0.2, 0) is 6.42 Å². The van der Waals surface area contributed by atoms with Gasteiger partial charge in [0.1, 0.15) is 10.8 Å². The number of carbonyl (C=O) groups is 1. The average molecular weight is 262 g/mol. The highest BCUT2D eigenvalue weighted by molar-refractivity contribution is 7.11. The molecule has 18 heavy (non-hydrogen) atoms. The number of thiazole rings is 1. The summed E-state index contributed by atoms with van der Waals surface area (Å²) in [6.07, 6.45) is 3.44. The summed E-state index contributed by atoms with van der Waals surface area (Å²) in [5.41, 5.74) is 1.54. The average Bonchev–Trinajstić information content (AvgIpc) is 2.68. The molecular weight excluding hydrogens is 248 g/mol. The van der Waals surface area contributed by atoms with Crippen molar-refractivity contribution in [1.29, 1.82) is 0 Å². The van der Waals surface area contributed by atoms with E-state index in [2.05, 4.69) is 9.97 Å². The molecule has 0 radical (unpaired) electrons. The molecule has 0 amide bonds. The Bertz CT molecular complexity index is 559. The van der Waals surface area contributed by atoms with Gasteiger partial charge in [0.2, 0.25) is 0 Å². The highest BCUT2D eigenvalue weighted by Gasteiger charge is 2.15. The van der Waals surface area contributed by atoms with E-state index < -0.39 is 0 Å². The van der Waals surface area contributed by atoms with Gasteiger partial charge in [-0.2, -0.15) is 0 Å². The van der Waals surface area contributed by atoms with Crippen LogP contribution >= 0.6 is 11.3 Å². The van der Waals surface area contributed by atoms with Crippen LogP contribution in [0.25, 0.3) is 0 Å². The number of methoxy groups -OCH3 is 1. The predicted molar refractivity (Wildman–Crippen MR) is 70.4 cm³/mol. The first-order chi connectivity index (χ1) is 8.61. The SMILES string of the molecule is COc1cnccc1C(=O)Cc1nc(C)c(C)s1. The normalized spacial score (nSPS) is 10.4. The summed E-state index contributed by atoms with van der Waals surface area (Å²) >= 11 is 1.56. The van der Waals surface area contributed by atoms with Gasteiger partial charge in [0.05, 0.1) is 31.0 Å². The molecule has 2 aromatic heterocycles. The van der Waals surface area contributed by atoms with Gasteiger partial charge < -0.3 is 4.74 Å². The zero-order chi connectivity index (χ0) is 13.1. The van der Waals surface area contributed by atoms with E-state index in [0.717, 1.165) is 15.6 Å². The summed E-state index contributed by atoms with van der Waals surface area (Å²) < 4.78 is 5.13. The second-order valence-corrected chi connectivity index (χ2v) is 5.21. The van der Waals surface area contributed by atoms with Crippen LogP contribution in [-0.4, -0.2) is 22.9 Å². The Hall–Kier alpha value is -1.75. The van der Waals surface area contributed by atoms with E-state index in [1.165, 1.54) is 7.11 Å². The smallest absolute Gasteiger partial charge is 0.173 e. The van der Waals surface area contributed by atoms with Crippen molar-refractivity contribution >= 4 is 17.1 Å². The number of hydrogen-bond donors (Lipinski definition) is 0. The fraction of sp³-hybridized carbons (Fsp3) is 0.308. The fourth-order valence-corrected chi connectivity index (χ4v) is 2.55. The molecule has 4 nitrogen and oxygen atoms in total. The van der Waals surface area contributed by atoms with Crippen LogP contribution in [0.15, 0.2) is 18.5 Å². The molecule has 0 atom stereocenters. The Morgan fingerprint density at radius 2 is 2.22 bits per heavy atom. The van der Waals surface area contributed by atoms with Crippen LogP contribution in [0.3, 0.4) is 0 Å². The number of rotatable bonds is 4. The lowest BCUT2D eigenvalue weighted by Gasteiger charge is -2.05. The van der Waals surface area contributed by atoms with Crippen LogP contribution in [0, 0.1) is 13.8 Å². The van der Waals surface area contributed by atoms with Gasteiger partial charge in [-0.15, -0.1) is 11.3 Å². The van der Waals surface area contributed by atoms with E-state index in [9.17, 15) is 4.79 Å². The summed E-state index contributed by atoms with van der Waals surface area (Å²) in [5, 5.41) is 0.842. The standard InChI is InChI=1S/C13H14N2O2S/c1-8-9(2)18-13(15-8)6-11(16)10-4-5-14-7-12(10)17-3/h4-5,7H,6H2,1-3H3. The molecule has 2 aromatic rings. The van der Waals surface area contributed by atoms with Crippen molar-refractivity contribution in [1.82, 2.24) is 9.97 Å². The molecular formula is C13H14N2O2S. The number of Topliss-reactive ketones (excluding diaryl/α,β-unsaturated/α-hetero) is 1. The van der Waals surface area contributed by atoms with Crippen LogP contribution < -0.4 is 4.74 Å². The third kappa shape index (κ3) is 2.56. The quantitative estimate of drug-likeness (QED) is 0.795. The first-order valence-electron chi connectivity index (χ1n) is 5.56. The Morgan fingerprint density at radius 1 is 1.44 bits per heavy atom. The molecule has 0 bridgehead atoms. The zero-order valence-corrected chi connectivity index (χ0v) is 11.4. The van der Waals surface area contributed by atoms with Gasteiger partial charge in [0.25, 0.3) is 0 Å². The number of ether oxygens (including phenoxy) is 1. The van der Waals surface area contributed by atoms with Gasteiger partial charge in [-0.25, -0.2) is 4.98 Å². The van der Waals surface area contributed by atoms with Crippen LogP contribution in [0.1, 0.15) is 25.9 Å². The number of ketones is 1. The van der Waals surface area contributed by atoms with Gasteiger partial charge in [0.15, 0.2) is 5.78 Å². The summed E-state index contributed by atoms with van der Waals surface area (Å²) in [4.78, 5) is 21.6. The molecule has 0 fully saturated rings. The van der Waals surface area contributed by atoms with Crippen LogP contribution in [0.5, 0.6) is 5.75 Å². The topological polar surface area (TPSA) is 52.1 Å². The number of nitrogens with zero attached hydrogens (tertiary/aromatic N) is 2. The van der Waals surface area contributed by atoms with Gasteiger partial charge >= 0.3 is 0 Å². The van der Waals surface area contributed by atoms with E-state index in [0.29, 0.717) is 17.7 Å². The predicted octanol–water partition coefficient (Wildman–Crippen LogP) is 2.59. The molecule has 2 rings (SSSR count). The third-order valence-electron chi connectivity index (χ3n) is 2.69. The molecule has 2 heterocycles. The van der Waals surface area contributed by atoms with Crippen molar-refractivity contribution in [3.8, 4) is 5.75 Å². The number of carbonyl (C=O) groups excluding carboxylic acids is 1. The third-order valence-corrected chi connectivity index (χ3v) is 3.76. The van der Waals surface area contributed by atoms with E-state index in [4.69, 9.17) is 4.74 Å². The minimum absolute atomic E-state index is 0.00278. The number of aryl methyl sites for hydroxylation is 2. The summed E-state index contributed by atoms with van der Waals surface area (Å²) in [6.45, 7) is 3.96. The molecule has 94 valence electrons. The van der Waals surface area contributed by atoms with E-state index in [-0.39, 0.29) is 5.78 Å². The monoisotopic (exact) mass is 262 g/mol. The minimum Gasteiger partial charge on any atom is -0.494 e. The molecule has 0 N–H and O–H groups in total. The fourth-order valence-electron chi connectivity index (χ4n) is 1.62. The lowest BCUT2D eigenvalue weighted by atomic mass is 10.1. The Balaban J connectivity index is 2.22. The van der Waals surface area contributed by atoms with E-state index in [1.807, 2.05) is 13.8 Å². The van der Waals surface area contributed by atoms with Gasteiger partial charge in [0, 0.05) is 11.1 Å². The molecule has 0 aliphatic carbocycles. The maximum absolute atomic E-state index is 12.2. The Morgan fingerprint density at radius 3 is 2.83 bits per heavy atom. The Labute approximate surface area is 110 Å². The number of aromatic nitrogens is 2. The van der Waals surface area contributed by atoms with Crippen molar-refractivity contribution in [2.24, 2.45) is 0 Å². The summed E-state index contributed by atoms with van der Waals surface area (Å²) in [6, 6.07) is 1.68. The molecule has 5 heteroatoms.